The van der Waals surface area contributed by atoms with Crippen LogP contribution in [-0.4, -0.2) is 24.9 Å². The predicted octanol–water partition coefficient (Wildman–Crippen LogP) is 7.88. The van der Waals surface area contributed by atoms with Crippen molar-refractivity contribution in [2.75, 3.05) is 23.9 Å². The molecular formula is C36H31N3O3. The molecule has 4 aromatic rings. The molecule has 0 saturated heterocycles. The van der Waals surface area contributed by atoms with Crippen LogP contribution < -0.4 is 9.80 Å². The Hall–Kier alpha value is -5.23. The predicted molar refractivity (Wildman–Crippen MR) is 170 cm³/mol. The van der Waals surface area contributed by atoms with Gasteiger partial charge < -0.3 is 9.80 Å². The molecule has 0 radical (unpaired) electrons. The second-order valence-corrected chi connectivity index (χ2v) is 11.2. The maximum Gasteiger partial charge on any atom is 0.269 e. The van der Waals surface area contributed by atoms with Crippen molar-refractivity contribution in [3.8, 4) is 0 Å². The first-order valence-corrected chi connectivity index (χ1v) is 13.8. The van der Waals surface area contributed by atoms with Gasteiger partial charge in [-0.1, -0.05) is 87.2 Å². The number of nitro benzene ring substituents is 1. The van der Waals surface area contributed by atoms with Crippen molar-refractivity contribution in [3.05, 3.63) is 153 Å². The van der Waals surface area contributed by atoms with Gasteiger partial charge in [-0.15, -0.1) is 0 Å². The molecule has 4 aromatic carbocycles. The molecule has 6 nitrogen and oxygen atoms in total. The molecule has 0 unspecified atom stereocenters. The highest BCUT2D eigenvalue weighted by Gasteiger charge is 2.43. The zero-order chi connectivity index (χ0) is 29.8. The van der Waals surface area contributed by atoms with Gasteiger partial charge in [0.25, 0.3) is 11.6 Å². The number of carbonyl (C=O) groups excluding carboxylic acids is 1. The number of anilines is 2. The first-order valence-electron chi connectivity index (χ1n) is 13.8. The highest BCUT2D eigenvalue weighted by atomic mass is 16.6. The zero-order valence-electron chi connectivity index (χ0n) is 24.1. The van der Waals surface area contributed by atoms with E-state index in [0.717, 1.165) is 44.9 Å². The van der Waals surface area contributed by atoms with Crippen LogP contribution in [0.15, 0.2) is 121 Å². The second-order valence-electron chi connectivity index (χ2n) is 11.2. The van der Waals surface area contributed by atoms with E-state index in [4.69, 9.17) is 0 Å². The van der Waals surface area contributed by atoms with Gasteiger partial charge in [-0.05, 0) is 46.5 Å². The van der Waals surface area contributed by atoms with Gasteiger partial charge in [0.2, 0.25) is 0 Å². The Labute approximate surface area is 245 Å². The number of rotatable bonds is 5. The number of amides is 1. The lowest BCUT2D eigenvalue weighted by Crippen LogP contribution is -2.26. The first-order chi connectivity index (χ1) is 20.1. The number of para-hydroxylation sites is 2. The maximum absolute atomic E-state index is 14.2. The van der Waals surface area contributed by atoms with Gasteiger partial charge in [0.05, 0.1) is 16.2 Å². The smallest absolute Gasteiger partial charge is 0.269 e. The van der Waals surface area contributed by atoms with Gasteiger partial charge in [0.1, 0.15) is 0 Å². The van der Waals surface area contributed by atoms with Crippen LogP contribution >= 0.6 is 0 Å². The van der Waals surface area contributed by atoms with E-state index in [2.05, 4.69) is 44.5 Å². The van der Waals surface area contributed by atoms with Crippen molar-refractivity contribution in [1.29, 1.82) is 0 Å². The monoisotopic (exact) mass is 553 g/mol. The van der Waals surface area contributed by atoms with Crippen molar-refractivity contribution in [1.82, 2.24) is 0 Å². The number of likely N-dealkylation sites (N-methyl/N-ethyl adjacent to an activating group) is 2. The van der Waals surface area contributed by atoms with Crippen molar-refractivity contribution in [2.45, 2.75) is 19.3 Å². The van der Waals surface area contributed by atoms with E-state index >= 15 is 0 Å². The molecule has 208 valence electrons. The molecule has 0 aromatic heterocycles. The molecule has 0 atom stereocenters. The maximum atomic E-state index is 14.2. The zero-order valence-corrected chi connectivity index (χ0v) is 24.1. The first kappa shape index (κ1) is 27.0. The number of allylic oxidation sites excluding steroid dienone is 4. The summed E-state index contributed by atoms with van der Waals surface area (Å²) in [4.78, 5) is 29.1. The van der Waals surface area contributed by atoms with E-state index < -0.39 is 10.3 Å². The molecular weight excluding hydrogens is 522 g/mol. The van der Waals surface area contributed by atoms with Crippen LogP contribution in [0, 0.1) is 10.1 Å². The summed E-state index contributed by atoms with van der Waals surface area (Å²) in [5, 5.41) is 11.4. The SMILES string of the molecule is C=C(C(/C(=C1\C(=O)N(C)c2ccccc21)c1ccccc1)=C1/N(C)c2ccccc2C1(C)C)c1ccc([N+](=O)[O-])cc1. The normalized spacial score (nSPS) is 17.6. The fourth-order valence-electron chi connectivity index (χ4n) is 6.41. The number of non-ortho nitro benzene ring substituents is 1. The molecule has 2 heterocycles. The molecule has 0 spiro atoms. The third kappa shape index (κ3) is 4.06. The number of nitrogens with zero attached hydrogens (tertiary/aromatic N) is 3. The Kier molecular flexibility index (Phi) is 6.42. The van der Waals surface area contributed by atoms with Gasteiger partial charge >= 0.3 is 0 Å². The number of hydrogen-bond acceptors (Lipinski definition) is 4. The summed E-state index contributed by atoms with van der Waals surface area (Å²) >= 11 is 0. The molecule has 2 aliphatic rings. The lowest BCUT2D eigenvalue weighted by molar-refractivity contribution is -0.384. The van der Waals surface area contributed by atoms with Crippen LogP contribution in [0.1, 0.15) is 36.1 Å². The van der Waals surface area contributed by atoms with Crippen molar-refractivity contribution in [3.63, 3.8) is 0 Å². The summed E-state index contributed by atoms with van der Waals surface area (Å²) in [6, 6.07) is 32.6. The van der Waals surface area contributed by atoms with Crippen molar-refractivity contribution < 1.29 is 9.72 Å². The highest BCUT2D eigenvalue weighted by Crippen LogP contribution is 2.54. The number of fused-ring (bicyclic) bond motifs is 2. The third-order valence-corrected chi connectivity index (χ3v) is 8.45. The van der Waals surface area contributed by atoms with Crippen LogP contribution in [-0.2, 0) is 10.2 Å². The van der Waals surface area contributed by atoms with Crippen LogP contribution in [0.5, 0.6) is 0 Å². The fraction of sp³-hybridized carbons (Fsp3) is 0.139. The number of nitro groups is 1. The van der Waals surface area contributed by atoms with E-state index in [1.54, 1.807) is 24.1 Å². The van der Waals surface area contributed by atoms with E-state index in [1.807, 2.05) is 66.7 Å². The van der Waals surface area contributed by atoms with Gasteiger partial charge in [-0.2, -0.15) is 0 Å². The lowest BCUT2D eigenvalue weighted by atomic mass is 9.76. The summed E-state index contributed by atoms with van der Waals surface area (Å²) in [5.74, 6) is -0.0966. The van der Waals surface area contributed by atoms with Gasteiger partial charge in [0.15, 0.2) is 0 Å². The van der Waals surface area contributed by atoms with Crippen LogP contribution in [0.25, 0.3) is 16.7 Å². The highest BCUT2D eigenvalue weighted by molar-refractivity contribution is 6.39. The fourth-order valence-corrected chi connectivity index (χ4v) is 6.41. The molecule has 2 aliphatic heterocycles. The molecule has 0 N–H and O–H groups in total. The number of hydrogen-bond donors (Lipinski definition) is 0. The molecule has 0 fully saturated rings. The molecule has 0 saturated carbocycles. The minimum Gasteiger partial charge on any atom is -0.346 e. The average molecular weight is 554 g/mol. The standard InChI is InChI=1S/C36H31N3O3/c1-23(24-19-21-26(22-20-24)39(41)42)31(34-36(2,3)28-16-10-12-18-30(28)37(34)4)32(25-13-7-6-8-14-25)33-27-15-9-11-17-29(27)38(5)35(33)40/h6-22H,1H2,2-5H3/b33-32-,34-31-. The Bertz CT molecular complexity index is 1830. The van der Waals surface area contributed by atoms with Gasteiger partial charge in [0, 0.05) is 59.7 Å². The quantitative estimate of drug-likeness (QED) is 0.143. The Morgan fingerprint density at radius 1 is 0.762 bits per heavy atom. The summed E-state index contributed by atoms with van der Waals surface area (Å²) in [6.07, 6.45) is 0. The van der Waals surface area contributed by atoms with E-state index in [-0.39, 0.29) is 11.6 Å². The van der Waals surface area contributed by atoms with Gasteiger partial charge in [-0.25, -0.2) is 0 Å². The topological polar surface area (TPSA) is 66.7 Å². The third-order valence-electron chi connectivity index (χ3n) is 8.45. The lowest BCUT2D eigenvalue weighted by Gasteiger charge is -2.31. The molecule has 6 heteroatoms. The molecule has 1 amide bonds. The van der Waals surface area contributed by atoms with E-state index in [9.17, 15) is 14.9 Å². The second kappa shape index (κ2) is 10.00. The number of benzene rings is 4. The van der Waals surface area contributed by atoms with E-state index in [1.165, 1.54) is 17.7 Å². The van der Waals surface area contributed by atoms with Crippen LogP contribution in [0.3, 0.4) is 0 Å². The Balaban J connectivity index is 1.75. The molecule has 42 heavy (non-hydrogen) atoms. The average Bonchev–Trinajstić information content (AvgIpc) is 3.37. The summed E-state index contributed by atoms with van der Waals surface area (Å²) in [6.45, 7) is 9.00. The largest absolute Gasteiger partial charge is 0.346 e. The minimum absolute atomic E-state index is 0.00892. The summed E-state index contributed by atoms with van der Waals surface area (Å²) in [5.41, 5.74) is 9.03. The molecule has 6 rings (SSSR count). The van der Waals surface area contributed by atoms with Crippen molar-refractivity contribution in [2.24, 2.45) is 0 Å². The molecule has 0 aliphatic carbocycles. The van der Waals surface area contributed by atoms with Crippen LogP contribution in [0.4, 0.5) is 17.1 Å². The number of carbonyl (C=O) groups is 1. The molecule has 0 bridgehead atoms. The van der Waals surface area contributed by atoms with E-state index in [0.29, 0.717) is 11.1 Å². The van der Waals surface area contributed by atoms with Crippen molar-refractivity contribution >= 4 is 39.7 Å². The Morgan fingerprint density at radius 3 is 2.00 bits per heavy atom. The Morgan fingerprint density at radius 2 is 1.36 bits per heavy atom. The van der Waals surface area contributed by atoms with Crippen LogP contribution in [0.2, 0.25) is 0 Å². The minimum atomic E-state index is -0.446. The summed E-state index contributed by atoms with van der Waals surface area (Å²) in [7, 11) is 3.85. The summed E-state index contributed by atoms with van der Waals surface area (Å²) < 4.78 is 0. The van der Waals surface area contributed by atoms with Gasteiger partial charge in [-0.3, -0.25) is 14.9 Å².